The number of aromatic hydroxyl groups is 1. The highest BCUT2D eigenvalue weighted by Gasteiger charge is 2.33. The fraction of sp³-hybridized carbons (Fsp3) is 0.471. The van der Waals surface area contributed by atoms with Gasteiger partial charge in [0.25, 0.3) is 0 Å². The largest absolute Gasteiger partial charge is 0.508 e. The van der Waals surface area contributed by atoms with E-state index in [1.807, 2.05) is 13.8 Å². The van der Waals surface area contributed by atoms with Gasteiger partial charge in [0.15, 0.2) is 12.0 Å². The first-order chi connectivity index (χ1) is 23.6. The molecule has 0 aliphatic heterocycles. The van der Waals surface area contributed by atoms with Crippen LogP contribution in [0.25, 0.3) is 0 Å². The summed E-state index contributed by atoms with van der Waals surface area (Å²) in [7, 11) is 0. The molecule has 0 aliphatic carbocycles. The molecule has 4 amide bonds. The Hall–Kier alpha value is -5.22. The molecule has 0 unspecified atom stereocenters. The van der Waals surface area contributed by atoms with Gasteiger partial charge in [-0.25, -0.2) is 4.79 Å². The van der Waals surface area contributed by atoms with E-state index in [2.05, 4.69) is 26.3 Å². The summed E-state index contributed by atoms with van der Waals surface area (Å²) >= 11 is 0. The quantitative estimate of drug-likeness (QED) is 0.0455. The van der Waals surface area contributed by atoms with Crippen molar-refractivity contribution < 1.29 is 39.3 Å². The first-order valence-electron chi connectivity index (χ1n) is 16.3. The number of nitrogens with two attached hydrogens (primary N) is 3. The monoisotopic (exact) mass is 698 g/mol. The Bertz CT molecular complexity index is 1450. The number of carbonyl (C=O) groups excluding carboxylic acids is 4. The Labute approximate surface area is 291 Å². The highest BCUT2D eigenvalue weighted by atomic mass is 16.4. The lowest BCUT2D eigenvalue weighted by molar-refractivity contribution is -0.145. The summed E-state index contributed by atoms with van der Waals surface area (Å²) in [6.45, 7) is 5.13. The van der Waals surface area contributed by atoms with Crippen LogP contribution in [0.4, 0.5) is 0 Å². The average molecular weight is 699 g/mol. The number of aliphatic hydroxyl groups excluding tert-OH is 1. The fourth-order valence-electron chi connectivity index (χ4n) is 4.96. The van der Waals surface area contributed by atoms with Crippen molar-refractivity contribution in [1.29, 1.82) is 0 Å². The molecule has 0 spiro atoms. The smallest absolute Gasteiger partial charge is 0.328 e. The Kier molecular flexibility index (Phi) is 16.7. The van der Waals surface area contributed by atoms with Crippen molar-refractivity contribution in [3.63, 3.8) is 0 Å². The van der Waals surface area contributed by atoms with E-state index in [4.69, 9.17) is 17.2 Å². The van der Waals surface area contributed by atoms with Gasteiger partial charge in [0.2, 0.25) is 23.6 Å². The molecule has 2 aromatic carbocycles. The second-order valence-electron chi connectivity index (χ2n) is 12.5. The Balaban J connectivity index is 2.32. The van der Waals surface area contributed by atoms with Crippen LogP contribution in [0.15, 0.2) is 59.6 Å². The van der Waals surface area contributed by atoms with Gasteiger partial charge >= 0.3 is 5.97 Å². The number of hydrogen-bond acceptors (Lipinski definition) is 9. The van der Waals surface area contributed by atoms with Crippen LogP contribution in [0.5, 0.6) is 5.75 Å². The summed E-state index contributed by atoms with van der Waals surface area (Å²) in [5, 5.41) is 39.4. The molecule has 0 bridgehead atoms. The maximum Gasteiger partial charge on any atom is 0.328 e. The van der Waals surface area contributed by atoms with Gasteiger partial charge in [0, 0.05) is 19.4 Å². The molecule has 0 saturated carbocycles. The van der Waals surface area contributed by atoms with Gasteiger partial charge < -0.3 is 53.8 Å². The molecule has 2 rings (SSSR count). The van der Waals surface area contributed by atoms with Crippen LogP contribution in [0.1, 0.15) is 51.2 Å². The number of phenols is 1. The van der Waals surface area contributed by atoms with Crippen molar-refractivity contribution in [2.75, 3.05) is 6.54 Å². The van der Waals surface area contributed by atoms with Gasteiger partial charge in [0.1, 0.15) is 23.9 Å². The maximum atomic E-state index is 13.8. The van der Waals surface area contributed by atoms with E-state index in [0.29, 0.717) is 17.5 Å². The van der Waals surface area contributed by atoms with Gasteiger partial charge in [-0.3, -0.25) is 24.2 Å². The van der Waals surface area contributed by atoms with Gasteiger partial charge in [0.05, 0.1) is 12.1 Å². The number of aliphatic hydroxyl groups is 1. The third kappa shape index (κ3) is 14.5. The zero-order valence-corrected chi connectivity index (χ0v) is 28.5. The number of carbonyl (C=O) groups is 5. The van der Waals surface area contributed by atoms with Crippen LogP contribution < -0.4 is 38.5 Å². The minimum atomic E-state index is -1.63. The average Bonchev–Trinajstić information content (AvgIpc) is 3.05. The number of guanidine groups is 1. The molecule has 274 valence electrons. The van der Waals surface area contributed by atoms with E-state index in [1.165, 1.54) is 19.1 Å². The molecule has 0 fully saturated rings. The number of carboxylic acid groups (broad SMARTS) is 1. The fourth-order valence-corrected chi connectivity index (χ4v) is 4.96. The highest BCUT2D eigenvalue weighted by Crippen LogP contribution is 2.13. The summed E-state index contributed by atoms with van der Waals surface area (Å²) in [6, 6.07) is 8.46. The number of nitrogens with one attached hydrogen (secondary N) is 4. The van der Waals surface area contributed by atoms with E-state index >= 15 is 0 Å². The van der Waals surface area contributed by atoms with E-state index in [0.717, 1.165) is 0 Å². The van der Waals surface area contributed by atoms with Crippen molar-refractivity contribution in [3.05, 3.63) is 65.7 Å². The number of aliphatic carboxylic acids is 1. The van der Waals surface area contributed by atoms with Crippen LogP contribution in [-0.4, -0.2) is 93.7 Å². The van der Waals surface area contributed by atoms with Crippen LogP contribution >= 0.6 is 0 Å². The van der Waals surface area contributed by atoms with Crippen LogP contribution in [0, 0.1) is 5.92 Å². The zero-order chi connectivity index (χ0) is 37.4. The zero-order valence-electron chi connectivity index (χ0n) is 28.5. The lowest BCUT2D eigenvalue weighted by atomic mass is 9.99. The molecule has 0 heterocycles. The van der Waals surface area contributed by atoms with Crippen molar-refractivity contribution in [1.82, 2.24) is 21.3 Å². The topological polar surface area (TPSA) is 285 Å². The van der Waals surface area contributed by atoms with Gasteiger partial charge in [-0.15, -0.1) is 0 Å². The van der Waals surface area contributed by atoms with Crippen molar-refractivity contribution in [2.45, 2.75) is 89.2 Å². The third-order valence-electron chi connectivity index (χ3n) is 7.62. The third-order valence-corrected chi connectivity index (χ3v) is 7.62. The molecular weight excluding hydrogens is 648 g/mol. The Morgan fingerprint density at radius 2 is 1.24 bits per heavy atom. The van der Waals surface area contributed by atoms with E-state index in [-0.39, 0.29) is 49.9 Å². The summed E-state index contributed by atoms with van der Waals surface area (Å²) < 4.78 is 0. The first-order valence-corrected chi connectivity index (χ1v) is 16.3. The van der Waals surface area contributed by atoms with Crippen molar-refractivity contribution >= 4 is 35.6 Å². The second kappa shape index (κ2) is 20.3. The summed E-state index contributed by atoms with van der Waals surface area (Å²) in [4.78, 5) is 69.5. The van der Waals surface area contributed by atoms with E-state index in [1.54, 1.807) is 42.5 Å². The molecular formula is C34H50N8O8. The number of carboxylic acids is 1. The minimum Gasteiger partial charge on any atom is -0.508 e. The highest BCUT2D eigenvalue weighted by molar-refractivity contribution is 5.95. The molecule has 0 aliphatic rings. The second-order valence-corrected chi connectivity index (χ2v) is 12.5. The Morgan fingerprint density at radius 1 is 0.740 bits per heavy atom. The molecule has 6 atom stereocenters. The van der Waals surface area contributed by atoms with Gasteiger partial charge in [-0.1, -0.05) is 56.3 Å². The maximum absolute atomic E-state index is 13.8. The minimum absolute atomic E-state index is 0.00692. The van der Waals surface area contributed by atoms with Crippen LogP contribution in [-0.2, 0) is 36.8 Å². The molecule has 0 aromatic heterocycles. The number of phenolic OH excluding ortho intramolecular Hbond substituents is 1. The summed E-state index contributed by atoms with van der Waals surface area (Å²) in [5.41, 5.74) is 18.0. The molecule has 0 radical (unpaired) electrons. The molecule has 13 N–H and O–H groups in total. The lowest BCUT2D eigenvalue weighted by Crippen LogP contribution is -2.60. The van der Waals surface area contributed by atoms with Crippen molar-refractivity contribution in [2.24, 2.45) is 28.1 Å². The SMILES string of the molecule is CC(C)C[C@H](NC(=O)[C@H](Cc1ccc(O)cc1)NC(=O)[C@@H](N)CCCN=C(N)N)C(=O)N[C@H](Cc1ccccc1)C(=O)N[C@H](C(=O)O)[C@@H](C)O. The van der Waals surface area contributed by atoms with E-state index in [9.17, 15) is 39.3 Å². The van der Waals surface area contributed by atoms with Gasteiger partial charge in [-0.2, -0.15) is 0 Å². The number of benzene rings is 2. The molecule has 16 heteroatoms. The molecule has 2 aromatic rings. The van der Waals surface area contributed by atoms with Crippen LogP contribution in [0.3, 0.4) is 0 Å². The number of aliphatic imine (C=N–C) groups is 1. The van der Waals surface area contributed by atoms with Gasteiger partial charge in [-0.05, 0) is 55.4 Å². The number of hydrogen-bond donors (Lipinski definition) is 10. The normalized spacial score (nSPS) is 14.6. The number of amides is 4. The van der Waals surface area contributed by atoms with Crippen LogP contribution in [0.2, 0.25) is 0 Å². The standard InChI is InChI=1S/C34H50N8O8/c1-19(2)16-25(30(46)41-27(17-21-8-5-4-6-9-21)32(48)42-28(20(3)43)33(49)50)40-31(47)26(18-22-11-13-23(44)14-12-22)39-29(45)24(35)10-7-15-38-34(36)37/h4-6,8-9,11-14,19-20,24-28,43-44H,7,10,15-18,35H2,1-3H3,(H,39,45)(H,40,47)(H,41,46)(H,42,48)(H,49,50)(H4,36,37,38)/t20-,24+,25+,26+,27-,28+/m1/s1. The summed E-state index contributed by atoms with van der Waals surface area (Å²) in [5.74, 6) is -4.55. The van der Waals surface area contributed by atoms with E-state index < -0.39 is 65.9 Å². The number of nitrogens with zero attached hydrogens (tertiary/aromatic N) is 1. The molecule has 0 saturated heterocycles. The lowest BCUT2D eigenvalue weighted by Gasteiger charge is -2.27. The Morgan fingerprint density at radius 3 is 1.76 bits per heavy atom. The number of rotatable bonds is 20. The first kappa shape index (κ1) is 41.0. The van der Waals surface area contributed by atoms with Crippen molar-refractivity contribution in [3.8, 4) is 5.75 Å². The predicted molar refractivity (Wildman–Crippen MR) is 186 cm³/mol. The molecule has 50 heavy (non-hydrogen) atoms. The predicted octanol–water partition coefficient (Wildman–Crippen LogP) is -0.991. The molecule has 16 nitrogen and oxygen atoms in total. The summed E-state index contributed by atoms with van der Waals surface area (Å²) in [6.07, 6.45) is -0.689.